The van der Waals surface area contributed by atoms with Gasteiger partial charge in [0.05, 0.1) is 12.7 Å². The number of carboxylic acid groups (broad SMARTS) is 1. The van der Waals surface area contributed by atoms with Crippen LogP contribution in [0.15, 0.2) is 36.4 Å². The van der Waals surface area contributed by atoms with Gasteiger partial charge in [-0.25, -0.2) is 9.18 Å². The van der Waals surface area contributed by atoms with Gasteiger partial charge in [0.25, 0.3) is 0 Å². The number of carbonyl (C=O) groups is 1. The summed E-state index contributed by atoms with van der Waals surface area (Å²) in [5, 5.41) is 8.79. The van der Waals surface area contributed by atoms with Crippen LogP contribution in [0.1, 0.15) is 21.5 Å². The van der Waals surface area contributed by atoms with Crippen molar-refractivity contribution in [1.29, 1.82) is 0 Å². The third-order valence-corrected chi connectivity index (χ3v) is 3.00. The fourth-order valence-electron chi connectivity index (χ4n) is 1.85. The number of ether oxygens (including phenoxy) is 2. The maximum Gasteiger partial charge on any atom is 0.335 e. The third kappa shape index (κ3) is 3.51. The molecule has 0 spiro atoms. The summed E-state index contributed by atoms with van der Waals surface area (Å²) in [6, 6.07) is 9.15. The Morgan fingerprint density at radius 2 is 1.95 bits per heavy atom. The molecule has 0 heterocycles. The van der Waals surface area contributed by atoms with Crippen LogP contribution >= 0.6 is 0 Å². The molecule has 0 aliphatic rings. The highest BCUT2D eigenvalue weighted by Gasteiger charge is 2.10. The van der Waals surface area contributed by atoms with Gasteiger partial charge >= 0.3 is 5.97 Å². The van der Waals surface area contributed by atoms with Gasteiger partial charge in [-0.2, -0.15) is 0 Å². The zero-order valence-corrected chi connectivity index (χ0v) is 11.7. The van der Waals surface area contributed by atoms with Crippen molar-refractivity contribution in [1.82, 2.24) is 0 Å². The SMILES string of the molecule is COc1cc(C)ccc1OCc1ccc(C(=O)O)cc1F. The average molecular weight is 290 g/mol. The first-order valence-electron chi connectivity index (χ1n) is 6.30. The molecule has 4 nitrogen and oxygen atoms in total. The first-order chi connectivity index (χ1) is 10.0. The van der Waals surface area contributed by atoms with E-state index in [0.29, 0.717) is 11.5 Å². The van der Waals surface area contributed by atoms with E-state index >= 15 is 0 Å². The second-order valence-corrected chi connectivity index (χ2v) is 4.55. The van der Waals surface area contributed by atoms with Gasteiger partial charge in [0.1, 0.15) is 12.4 Å². The minimum atomic E-state index is -1.17. The molecule has 0 aliphatic carbocycles. The molecular formula is C16H15FO4. The first kappa shape index (κ1) is 14.8. The Kier molecular flexibility index (Phi) is 4.42. The largest absolute Gasteiger partial charge is 0.493 e. The van der Waals surface area contributed by atoms with E-state index < -0.39 is 11.8 Å². The first-order valence-corrected chi connectivity index (χ1v) is 6.30. The molecular weight excluding hydrogens is 275 g/mol. The van der Waals surface area contributed by atoms with Gasteiger partial charge in [-0.15, -0.1) is 0 Å². The molecule has 0 radical (unpaired) electrons. The fraction of sp³-hybridized carbons (Fsp3) is 0.188. The van der Waals surface area contributed by atoms with Crippen molar-refractivity contribution in [2.75, 3.05) is 7.11 Å². The predicted molar refractivity (Wildman–Crippen MR) is 75.4 cm³/mol. The van der Waals surface area contributed by atoms with Crippen LogP contribution in [0.4, 0.5) is 4.39 Å². The molecule has 1 N–H and O–H groups in total. The van der Waals surface area contributed by atoms with Gasteiger partial charge in [-0.3, -0.25) is 0 Å². The van der Waals surface area contributed by atoms with Crippen molar-refractivity contribution in [3.05, 3.63) is 58.9 Å². The molecule has 2 rings (SSSR count). The van der Waals surface area contributed by atoms with Crippen LogP contribution in [0.3, 0.4) is 0 Å². The minimum absolute atomic E-state index is 0.00878. The van der Waals surface area contributed by atoms with Crippen molar-refractivity contribution in [2.45, 2.75) is 13.5 Å². The molecule has 0 fully saturated rings. The molecule has 0 atom stereocenters. The summed E-state index contributed by atoms with van der Waals surface area (Å²) in [5.74, 6) is -0.704. The van der Waals surface area contributed by atoms with Crippen LogP contribution in [-0.2, 0) is 6.61 Å². The number of methoxy groups -OCH3 is 1. The highest BCUT2D eigenvalue weighted by molar-refractivity contribution is 5.87. The molecule has 2 aromatic carbocycles. The maximum absolute atomic E-state index is 13.8. The summed E-state index contributed by atoms with van der Waals surface area (Å²) in [5.41, 5.74) is 1.21. The van der Waals surface area contributed by atoms with Crippen molar-refractivity contribution < 1.29 is 23.8 Å². The second kappa shape index (κ2) is 6.26. The number of halogens is 1. The number of aromatic carboxylic acids is 1. The van der Waals surface area contributed by atoms with Crippen molar-refractivity contribution in [2.24, 2.45) is 0 Å². The van der Waals surface area contributed by atoms with Gasteiger partial charge in [0, 0.05) is 5.56 Å². The Balaban J connectivity index is 2.15. The summed E-state index contributed by atoms with van der Waals surface area (Å²) in [6.07, 6.45) is 0. The topological polar surface area (TPSA) is 55.8 Å². The molecule has 0 unspecified atom stereocenters. The number of benzene rings is 2. The number of hydrogen-bond donors (Lipinski definition) is 1. The lowest BCUT2D eigenvalue weighted by molar-refractivity contribution is 0.0696. The van der Waals surface area contributed by atoms with E-state index in [4.69, 9.17) is 14.6 Å². The molecule has 2 aromatic rings. The normalized spacial score (nSPS) is 10.2. The van der Waals surface area contributed by atoms with Crippen molar-refractivity contribution in [3.8, 4) is 11.5 Å². The van der Waals surface area contributed by atoms with E-state index in [1.54, 1.807) is 6.07 Å². The van der Waals surface area contributed by atoms with Crippen LogP contribution in [0.2, 0.25) is 0 Å². The van der Waals surface area contributed by atoms with Crippen LogP contribution in [0, 0.1) is 12.7 Å². The van der Waals surface area contributed by atoms with Gasteiger partial charge in [0.2, 0.25) is 0 Å². The molecule has 0 aromatic heterocycles. The van der Waals surface area contributed by atoms with Crippen LogP contribution < -0.4 is 9.47 Å². The number of hydrogen-bond acceptors (Lipinski definition) is 3. The van der Waals surface area contributed by atoms with Crippen molar-refractivity contribution in [3.63, 3.8) is 0 Å². The Bertz CT molecular complexity index is 667. The van der Waals surface area contributed by atoms with Crippen LogP contribution in [0.25, 0.3) is 0 Å². The van der Waals surface area contributed by atoms with Crippen LogP contribution in [-0.4, -0.2) is 18.2 Å². The zero-order valence-electron chi connectivity index (χ0n) is 11.7. The molecule has 0 saturated carbocycles. The highest BCUT2D eigenvalue weighted by Crippen LogP contribution is 2.28. The van der Waals surface area contributed by atoms with E-state index in [-0.39, 0.29) is 17.7 Å². The number of carboxylic acids is 1. The molecule has 0 aliphatic heterocycles. The predicted octanol–water partition coefficient (Wildman–Crippen LogP) is 3.42. The molecule has 0 bridgehead atoms. The van der Waals surface area contributed by atoms with E-state index in [1.807, 2.05) is 19.1 Å². The average Bonchev–Trinajstić information content (AvgIpc) is 2.46. The van der Waals surface area contributed by atoms with Crippen molar-refractivity contribution >= 4 is 5.97 Å². The Labute approximate surface area is 121 Å². The van der Waals surface area contributed by atoms with Gasteiger partial charge in [-0.05, 0) is 36.8 Å². The highest BCUT2D eigenvalue weighted by atomic mass is 19.1. The summed E-state index contributed by atoms with van der Waals surface area (Å²) in [6.45, 7) is 1.92. The zero-order chi connectivity index (χ0) is 15.4. The lowest BCUT2D eigenvalue weighted by Crippen LogP contribution is -2.03. The van der Waals surface area contributed by atoms with Gasteiger partial charge in [0.15, 0.2) is 11.5 Å². The molecule has 0 amide bonds. The standard InChI is InChI=1S/C16H15FO4/c1-10-3-6-14(15(7-10)20-2)21-9-12-5-4-11(16(18)19)8-13(12)17/h3-8H,9H2,1-2H3,(H,18,19). The van der Waals surface area contributed by atoms with Crippen LogP contribution in [0.5, 0.6) is 11.5 Å². The summed E-state index contributed by atoms with van der Waals surface area (Å²) in [4.78, 5) is 10.7. The monoisotopic (exact) mass is 290 g/mol. The van der Waals surface area contributed by atoms with Gasteiger partial charge < -0.3 is 14.6 Å². The fourth-order valence-corrected chi connectivity index (χ4v) is 1.85. The molecule has 21 heavy (non-hydrogen) atoms. The van der Waals surface area contributed by atoms with E-state index in [9.17, 15) is 9.18 Å². The smallest absolute Gasteiger partial charge is 0.335 e. The summed E-state index contributed by atoms with van der Waals surface area (Å²) in [7, 11) is 1.53. The number of aryl methyl sites for hydroxylation is 1. The second-order valence-electron chi connectivity index (χ2n) is 4.55. The lowest BCUT2D eigenvalue weighted by Gasteiger charge is -2.12. The maximum atomic E-state index is 13.8. The molecule has 5 heteroatoms. The molecule has 0 saturated heterocycles. The van der Waals surface area contributed by atoms with E-state index in [0.717, 1.165) is 11.6 Å². The number of rotatable bonds is 5. The Morgan fingerprint density at radius 1 is 1.19 bits per heavy atom. The van der Waals surface area contributed by atoms with E-state index in [2.05, 4.69) is 0 Å². The van der Waals surface area contributed by atoms with E-state index in [1.165, 1.54) is 19.2 Å². The molecule has 110 valence electrons. The third-order valence-electron chi connectivity index (χ3n) is 3.00. The Morgan fingerprint density at radius 3 is 2.57 bits per heavy atom. The lowest BCUT2D eigenvalue weighted by atomic mass is 10.1. The Hall–Kier alpha value is -2.56. The van der Waals surface area contributed by atoms with Gasteiger partial charge in [-0.1, -0.05) is 12.1 Å². The summed E-state index contributed by atoms with van der Waals surface area (Å²) < 4.78 is 24.5. The minimum Gasteiger partial charge on any atom is -0.493 e. The quantitative estimate of drug-likeness (QED) is 0.916. The summed E-state index contributed by atoms with van der Waals surface area (Å²) >= 11 is 0.